The Bertz CT molecular complexity index is 2760. The van der Waals surface area contributed by atoms with Crippen LogP contribution >= 0.6 is 0 Å². The lowest BCUT2D eigenvalue weighted by Crippen LogP contribution is -2.06. The average Bonchev–Trinajstić information content (AvgIpc) is 3.70. The van der Waals surface area contributed by atoms with Crippen molar-refractivity contribution < 1.29 is 0 Å². The molecule has 48 heavy (non-hydrogen) atoms. The zero-order chi connectivity index (χ0) is 31.6. The van der Waals surface area contributed by atoms with E-state index in [0.29, 0.717) is 17.6 Å². The standard InChI is InChI=1S/C42H26N6/c1-4-14-27(15-5-1)40-44-41(28-16-6-2-7-17-28)46-42(45-40)48-35-23-13-10-20-31(35)36-30-24-25-43-26-33(30)38-37(39(36)48)32-21-11-12-22-34(32)47(38)29-18-8-3-9-19-29/h1-26H. The highest BCUT2D eigenvalue weighted by Crippen LogP contribution is 2.46. The molecule has 6 aromatic carbocycles. The molecule has 0 amide bonds. The number of rotatable bonds is 4. The summed E-state index contributed by atoms with van der Waals surface area (Å²) < 4.78 is 4.61. The van der Waals surface area contributed by atoms with Crippen molar-refractivity contribution in [1.29, 1.82) is 0 Å². The molecule has 4 heterocycles. The number of hydrogen-bond acceptors (Lipinski definition) is 4. The summed E-state index contributed by atoms with van der Waals surface area (Å²) in [5.41, 5.74) is 7.26. The normalized spacial score (nSPS) is 11.8. The van der Waals surface area contributed by atoms with Crippen molar-refractivity contribution in [3.05, 3.63) is 158 Å². The Hall–Kier alpha value is -6.66. The van der Waals surface area contributed by atoms with Gasteiger partial charge in [-0.1, -0.05) is 115 Å². The fourth-order valence-corrected chi connectivity index (χ4v) is 7.24. The maximum atomic E-state index is 5.23. The fourth-order valence-electron chi connectivity index (χ4n) is 7.24. The van der Waals surface area contributed by atoms with E-state index in [2.05, 4.69) is 99.0 Å². The quantitative estimate of drug-likeness (QED) is 0.198. The van der Waals surface area contributed by atoms with Gasteiger partial charge in [0.25, 0.3) is 0 Å². The summed E-state index contributed by atoms with van der Waals surface area (Å²) in [5, 5.41) is 6.77. The Morgan fingerprint density at radius 1 is 0.396 bits per heavy atom. The Kier molecular flexibility index (Phi) is 5.77. The van der Waals surface area contributed by atoms with E-state index in [1.54, 1.807) is 0 Å². The SMILES string of the molecule is c1ccc(-c2nc(-c3ccccc3)nc(-n3c4ccccc4c4c5ccncc5c5c(c6ccccc6n5-c5ccccc5)c43)n2)cc1. The van der Waals surface area contributed by atoms with Crippen molar-refractivity contribution in [3.63, 3.8) is 0 Å². The average molecular weight is 615 g/mol. The Balaban J connectivity index is 1.45. The van der Waals surface area contributed by atoms with Gasteiger partial charge < -0.3 is 4.57 Å². The van der Waals surface area contributed by atoms with Crippen LogP contribution in [-0.4, -0.2) is 29.1 Å². The van der Waals surface area contributed by atoms with E-state index in [0.717, 1.165) is 71.2 Å². The molecule has 6 nitrogen and oxygen atoms in total. The van der Waals surface area contributed by atoms with Crippen molar-refractivity contribution in [2.45, 2.75) is 0 Å². The van der Waals surface area contributed by atoms with Gasteiger partial charge in [0, 0.05) is 56.1 Å². The van der Waals surface area contributed by atoms with Gasteiger partial charge in [-0.2, -0.15) is 9.97 Å². The zero-order valence-electron chi connectivity index (χ0n) is 25.7. The first-order valence-corrected chi connectivity index (χ1v) is 16.0. The number of hydrogen-bond donors (Lipinski definition) is 0. The lowest BCUT2D eigenvalue weighted by Gasteiger charge is -2.13. The second-order valence-corrected chi connectivity index (χ2v) is 11.9. The second kappa shape index (κ2) is 10.4. The maximum Gasteiger partial charge on any atom is 0.238 e. The van der Waals surface area contributed by atoms with Crippen LogP contribution in [0.5, 0.6) is 0 Å². The third-order valence-electron chi connectivity index (χ3n) is 9.23. The largest absolute Gasteiger partial charge is 0.308 e. The highest BCUT2D eigenvalue weighted by Gasteiger charge is 2.26. The van der Waals surface area contributed by atoms with E-state index >= 15 is 0 Å². The molecule has 0 spiro atoms. The van der Waals surface area contributed by atoms with Crippen LogP contribution in [-0.2, 0) is 0 Å². The minimum atomic E-state index is 0.570. The van der Waals surface area contributed by atoms with Crippen molar-refractivity contribution in [2.75, 3.05) is 0 Å². The van der Waals surface area contributed by atoms with Gasteiger partial charge in [0.15, 0.2) is 11.6 Å². The van der Waals surface area contributed by atoms with Crippen molar-refractivity contribution in [1.82, 2.24) is 29.1 Å². The van der Waals surface area contributed by atoms with Gasteiger partial charge in [-0.05, 0) is 35.7 Å². The predicted molar refractivity (Wildman–Crippen MR) is 195 cm³/mol. The molecule has 0 aliphatic heterocycles. The Labute approximate surface area is 275 Å². The van der Waals surface area contributed by atoms with Crippen LogP contribution in [0, 0.1) is 0 Å². The second-order valence-electron chi connectivity index (χ2n) is 11.9. The minimum Gasteiger partial charge on any atom is -0.308 e. The number of fused-ring (bicyclic) bond motifs is 10. The van der Waals surface area contributed by atoms with Gasteiger partial charge in [-0.3, -0.25) is 9.55 Å². The number of nitrogens with zero attached hydrogens (tertiary/aromatic N) is 6. The highest BCUT2D eigenvalue weighted by molar-refractivity contribution is 6.36. The monoisotopic (exact) mass is 614 g/mol. The van der Waals surface area contributed by atoms with Crippen LogP contribution in [0.15, 0.2) is 158 Å². The first-order valence-electron chi connectivity index (χ1n) is 16.0. The number of pyridine rings is 1. The molecule has 4 aromatic heterocycles. The molecular formula is C42H26N6. The van der Waals surface area contributed by atoms with Crippen LogP contribution in [0.25, 0.3) is 88.8 Å². The van der Waals surface area contributed by atoms with Crippen LogP contribution < -0.4 is 0 Å². The molecule has 0 fully saturated rings. The molecule has 0 bridgehead atoms. The summed E-state index contributed by atoms with van der Waals surface area (Å²) in [7, 11) is 0. The number of benzene rings is 6. The smallest absolute Gasteiger partial charge is 0.238 e. The summed E-state index contributed by atoms with van der Waals surface area (Å²) >= 11 is 0. The van der Waals surface area contributed by atoms with Gasteiger partial charge in [-0.25, -0.2) is 4.98 Å². The van der Waals surface area contributed by atoms with E-state index in [1.807, 2.05) is 73.1 Å². The Morgan fingerprint density at radius 3 is 1.58 bits per heavy atom. The third-order valence-corrected chi connectivity index (χ3v) is 9.23. The fraction of sp³-hybridized carbons (Fsp3) is 0. The van der Waals surface area contributed by atoms with Crippen LogP contribution in [0.4, 0.5) is 0 Å². The van der Waals surface area contributed by atoms with E-state index in [1.165, 1.54) is 0 Å². The number of aromatic nitrogens is 6. The molecule has 0 N–H and O–H groups in total. The molecule has 0 aliphatic carbocycles. The molecule has 0 radical (unpaired) electrons. The predicted octanol–water partition coefficient (Wildman–Crippen LogP) is 9.95. The zero-order valence-corrected chi connectivity index (χ0v) is 25.7. The molecule has 0 saturated heterocycles. The molecular weight excluding hydrogens is 589 g/mol. The summed E-state index contributed by atoms with van der Waals surface area (Å²) in [6, 6.07) is 50.2. The van der Waals surface area contributed by atoms with E-state index in [4.69, 9.17) is 15.0 Å². The molecule has 0 atom stereocenters. The first kappa shape index (κ1) is 26.5. The molecule has 10 rings (SSSR count). The highest BCUT2D eigenvalue weighted by atomic mass is 15.2. The Morgan fingerprint density at radius 2 is 0.938 bits per heavy atom. The number of para-hydroxylation sites is 3. The lowest BCUT2D eigenvalue weighted by molar-refractivity contribution is 0.955. The van der Waals surface area contributed by atoms with Gasteiger partial charge in [0.05, 0.1) is 22.1 Å². The van der Waals surface area contributed by atoms with Gasteiger partial charge >= 0.3 is 0 Å². The summed E-state index contributed by atoms with van der Waals surface area (Å²) in [5.74, 6) is 1.82. The van der Waals surface area contributed by atoms with Crippen LogP contribution in [0.2, 0.25) is 0 Å². The van der Waals surface area contributed by atoms with E-state index in [-0.39, 0.29) is 0 Å². The lowest BCUT2D eigenvalue weighted by atomic mass is 10.0. The first-order chi connectivity index (χ1) is 23.8. The van der Waals surface area contributed by atoms with E-state index in [9.17, 15) is 0 Å². The van der Waals surface area contributed by atoms with Gasteiger partial charge in [0.2, 0.25) is 5.95 Å². The summed E-state index contributed by atoms with van der Waals surface area (Å²) in [6.45, 7) is 0. The molecule has 0 unspecified atom stereocenters. The molecule has 6 heteroatoms. The van der Waals surface area contributed by atoms with Crippen LogP contribution in [0.1, 0.15) is 0 Å². The van der Waals surface area contributed by atoms with Crippen molar-refractivity contribution >= 4 is 54.4 Å². The van der Waals surface area contributed by atoms with Gasteiger partial charge in [-0.15, -0.1) is 0 Å². The van der Waals surface area contributed by atoms with Crippen molar-refractivity contribution in [3.8, 4) is 34.4 Å². The molecule has 224 valence electrons. The summed E-state index contributed by atoms with van der Waals surface area (Å²) in [4.78, 5) is 20.1. The summed E-state index contributed by atoms with van der Waals surface area (Å²) in [6.07, 6.45) is 3.89. The molecule has 0 aliphatic rings. The molecule has 0 saturated carbocycles. The topological polar surface area (TPSA) is 61.4 Å². The molecule has 10 aromatic rings. The third kappa shape index (κ3) is 3.86. The van der Waals surface area contributed by atoms with E-state index < -0.39 is 0 Å². The van der Waals surface area contributed by atoms with Gasteiger partial charge in [0.1, 0.15) is 0 Å². The minimum absolute atomic E-state index is 0.570. The van der Waals surface area contributed by atoms with Crippen LogP contribution in [0.3, 0.4) is 0 Å². The maximum absolute atomic E-state index is 5.23. The van der Waals surface area contributed by atoms with Crippen molar-refractivity contribution in [2.24, 2.45) is 0 Å².